The third-order valence-corrected chi connectivity index (χ3v) is 4.17. The molecule has 3 amide bonds. The van der Waals surface area contributed by atoms with E-state index in [0.29, 0.717) is 19.6 Å². The van der Waals surface area contributed by atoms with Crippen LogP contribution in [0.15, 0.2) is 30.3 Å². The van der Waals surface area contributed by atoms with Crippen LogP contribution in [0.2, 0.25) is 0 Å². The van der Waals surface area contributed by atoms with Gasteiger partial charge in [-0.3, -0.25) is 14.5 Å². The molecule has 8 heteroatoms. The molecule has 3 rings (SSSR count). The Bertz CT molecular complexity index is 556. The van der Waals surface area contributed by atoms with Crippen LogP contribution in [-0.4, -0.2) is 73.7 Å². The second kappa shape index (κ2) is 13.9. The summed E-state index contributed by atoms with van der Waals surface area (Å²) < 4.78 is 0. The Morgan fingerprint density at radius 3 is 2.57 bits per heavy atom. The number of hydroxylamine groups is 3. The van der Waals surface area contributed by atoms with E-state index in [4.69, 9.17) is 4.84 Å². The summed E-state index contributed by atoms with van der Waals surface area (Å²) in [5, 5.41) is 1.57. The highest BCUT2D eigenvalue weighted by Crippen LogP contribution is 2.25. The van der Waals surface area contributed by atoms with Crippen molar-refractivity contribution in [3.05, 3.63) is 35.9 Å². The second-order valence-corrected chi connectivity index (χ2v) is 6.50. The molecule has 0 aromatic heterocycles. The number of carbonyl (C=O) groups is 2. The fourth-order valence-corrected chi connectivity index (χ4v) is 2.82. The van der Waals surface area contributed by atoms with Gasteiger partial charge in [0.1, 0.15) is 6.61 Å². The number of hydrogen-bond acceptors (Lipinski definition) is 5. The summed E-state index contributed by atoms with van der Waals surface area (Å²) in [4.78, 5) is 35.7. The van der Waals surface area contributed by atoms with Crippen molar-refractivity contribution in [3.63, 3.8) is 0 Å². The number of fused-ring (bicyclic) bond motifs is 2. The lowest BCUT2D eigenvalue weighted by atomic mass is 10.1. The van der Waals surface area contributed by atoms with Crippen molar-refractivity contribution in [2.24, 2.45) is 0 Å². The average molecular weight is 395 g/mol. The van der Waals surface area contributed by atoms with Gasteiger partial charge in [-0.25, -0.2) is 10.3 Å². The minimum absolute atomic E-state index is 0.0310. The first-order valence-corrected chi connectivity index (χ1v) is 9.82. The highest BCUT2D eigenvalue weighted by atomic mass is 16.7. The number of urea groups is 1. The summed E-state index contributed by atoms with van der Waals surface area (Å²) in [5.41, 5.74) is 3.19. The number of nitrogens with one attached hydrogen (secondary N) is 1. The summed E-state index contributed by atoms with van der Waals surface area (Å²) >= 11 is 0. The maximum atomic E-state index is 11.9. The Kier molecular flexibility index (Phi) is 11.9. The predicted octanol–water partition coefficient (Wildman–Crippen LogP) is 2.27. The smallest absolute Gasteiger partial charge is 0.321 e. The quantitative estimate of drug-likeness (QED) is 0.416. The molecule has 1 atom stereocenters. The molecule has 28 heavy (non-hydrogen) atoms. The SMILES string of the molecule is CC.CN(C)CCONC=O.O=C1N2CCC[C@H](C2)N1OCc1ccccc1. The molecule has 2 saturated heterocycles. The molecule has 2 aliphatic rings. The van der Waals surface area contributed by atoms with Crippen LogP contribution in [0.3, 0.4) is 0 Å². The van der Waals surface area contributed by atoms with E-state index in [-0.39, 0.29) is 12.1 Å². The van der Waals surface area contributed by atoms with Crippen molar-refractivity contribution in [1.29, 1.82) is 0 Å². The Morgan fingerprint density at radius 2 is 1.96 bits per heavy atom. The van der Waals surface area contributed by atoms with Crippen LogP contribution in [0.5, 0.6) is 0 Å². The molecule has 2 heterocycles. The highest BCUT2D eigenvalue weighted by molar-refractivity contribution is 5.76. The van der Waals surface area contributed by atoms with E-state index in [1.54, 1.807) is 5.06 Å². The largest absolute Gasteiger partial charge is 0.344 e. The van der Waals surface area contributed by atoms with Crippen LogP contribution in [0.4, 0.5) is 4.79 Å². The molecule has 2 fully saturated rings. The summed E-state index contributed by atoms with van der Waals surface area (Å²) in [6.07, 6.45) is 2.65. The number of piperidine rings is 1. The van der Waals surface area contributed by atoms with Gasteiger partial charge in [0.15, 0.2) is 0 Å². The molecule has 2 bridgehead atoms. The summed E-state index contributed by atoms with van der Waals surface area (Å²) in [5.74, 6) is 0. The monoisotopic (exact) mass is 394 g/mol. The van der Waals surface area contributed by atoms with Gasteiger partial charge < -0.3 is 9.80 Å². The van der Waals surface area contributed by atoms with Crippen molar-refractivity contribution in [2.45, 2.75) is 39.3 Å². The third-order valence-electron chi connectivity index (χ3n) is 4.17. The van der Waals surface area contributed by atoms with Gasteiger partial charge in [-0.05, 0) is 32.5 Å². The van der Waals surface area contributed by atoms with Crippen LogP contribution in [0.25, 0.3) is 0 Å². The minimum Gasteiger partial charge on any atom is -0.321 e. The Balaban J connectivity index is 0.000000306. The third kappa shape index (κ3) is 8.24. The Hall–Kier alpha value is -2.16. The molecule has 8 nitrogen and oxygen atoms in total. The zero-order valence-electron chi connectivity index (χ0n) is 17.5. The summed E-state index contributed by atoms with van der Waals surface area (Å²) in [6.45, 7) is 7.50. The van der Waals surface area contributed by atoms with Gasteiger partial charge in [0.05, 0.1) is 12.6 Å². The number of amides is 3. The molecule has 2 aliphatic heterocycles. The predicted molar refractivity (Wildman–Crippen MR) is 108 cm³/mol. The molecule has 0 spiro atoms. The first-order chi connectivity index (χ1) is 13.6. The van der Waals surface area contributed by atoms with Crippen molar-refractivity contribution >= 4 is 12.4 Å². The van der Waals surface area contributed by atoms with E-state index < -0.39 is 0 Å². The lowest BCUT2D eigenvalue weighted by Crippen LogP contribution is -2.33. The van der Waals surface area contributed by atoms with Crippen LogP contribution < -0.4 is 5.48 Å². The normalized spacial score (nSPS) is 17.5. The molecule has 0 aliphatic carbocycles. The molecule has 1 N–H and O–H groups in total. The maximum absolute atomic E-state index is 11.9. The molecule has 0 unspecified atom stereocenters. The zero-order chi connectivity index (χ0) is 20.8. The van der Waals surface area contributed by atoms with E-state index in [2.05, 4.69) is 10.3 Å². The van der Waals surface area contributed by atoms with Crippen LogP contribution in [0.1, 0.15) is 32.3 Å². The van der Waals surface area contributed by atoms with E-state index in [1.807, 2.05) is 68.1 Å². The lowest BCUT2D eigenvalue weighted by molar-refractivity contribution is -0.140. The van der Waals surface area contributed by atoms with E-state index >= 15 is 0 Å². The van der Waals surface area contributed by atoms with E-state index in [9.17, 15) is 9.59 Å². The summed E-state index contributed by atoms with van der Waals surface area (Å²) in [6, 6.07) is 10.2. The van der Waals surface area contributed by atoms with Gasteiger partial charge in [0.2, 0.25) is 6.41 Å². The second-order valence-electron chi connectivity index (χ2n) is 6.50. The topological polar surface area (TPSA) is 74.4 Å². The molecular weight excluding hydrogens is 360 g/mol. The number of nitrogens with zero attached hydrogens (tertiary/aromatic N) is 3. The first-order valence-electron chi connectivity index (χ1n) is 9.82. The van der Waals surface area contributed by atoms with Gasteiger partial charge in [0, 0.05) is 19.6 Å². The molecule has 1 aromatic rings. The minimum atomic E-state index is 0.0310. The van der Waals surface area contributed by atoms with Gasteiger partial charge in [-0.2, -0.15) is 5.06 Å². The van der Waals surface area contributed by atoms with Crippen LogP contribution in [0, 0.1) is 0 Å². The van der Waals surface area contributed by atoms with Gasteiger partial charge in [0.25, 0.3) is 0 Å². The zero-order valence-corrected chi connectivity index (χ0v) is 17.5. The van der Waals surface area contributed by atoms with Gasteiger partial charge in [-0.1, -0.05) is 44.2 Å². The number of likely N-dealkylation sites (N-methyl/N-ethyl adjacent to an activating group) is 1. The van der Waals surface area contributed by atoms with E-state index in [1.165, 1.54) is 0 Å². The van der Waals surface area contributed by atoms with Crippen molar-refractivity contribution < 1.29 is 19.3 Å². The van der Waals surface area contributed by atoms with Crippen molar-refractivity contribution in [2.75, 3.05) is 40.3 Å². The van der Waals surface area contributed by atoms with Crippen LogP contribution >= 0.6 is 0 Å². The summed E-state index contributed by atoms with van der Waals surface area (Å²) in [7, 11) is 3.87. The Labute approximate surface area is 168 Å². The molecule has 0 radical (unpaired) electrons. The number of benzene rings is 1. The van der Waals surface area contributed by atoms with Gasteiger partial charge >= 0.3 is 6.03 Å². The highest BCUT2D eigenvalue weighted by Gasteiger charge is 2.40. The fourth-order valence-electron chi connectivity index (χ4n) is 2.82. The standard InChI is InChI=1S/C13H16N2O2.C5H12N2O2.C2H6/c16-13-14-8-4-7-12(9-14)15(13)17-10-11-5-2-1-3-6-11;1-7(2)3-4-9-6-5-8;1-2/h1-3,5-6,12H,4,7-10H2;5H,3-4H2,1-2H3,(H,6,8);1-2H3/t12-;;/m1../s1. The lowest BCUT2D eigenvalue weighted by Gasteiger charge is -2.22. The molecule has 1 aromatic carbocycles. The van der Waals surface area contributed by atoms with E-state index in [0.717, 1.165) is 38.0 Å². The van der Waals surface area contributed by atoms with Crippen molar-refractivity contribution in [3.8, 4) is 0 Å². The number of carbonyl (C=O) groups excluding carboxylic acids is 2. The fraction of sp³-hybridized carbons (Fsp3) is 0.600. The molecular formula is C20H34N4O4. The van der Waals surface area contributed by atoms with Crippen LogP contribution in [-0.2, 0) is 21.1 Å². The number of hydrogen-bond donors (Lipinski definition) is 1. The Morgan fingerprint density at radius 1 is 1.25 bits per heavy atom. The molecule has 0 saturated carbocycles. The van der Waals surface area contributed by atoms with Gasteiger partial charge in [-0.15, -0.1) is 0 Å². The maximum Gasteiger partial charge on any atom is 0.344 e. The number of rotatable bonds is 8. The average Bonchev–Trinajstić information content (AvgIpc) is 2.94. The first kappa shape index (κ1) is 23.9. The molecule has 158 valence electrons. The van der Waals surface area contributed by atoms with Crippen molar-refractivity contribution in [1.82, 2.24) is 20.3 Å².